The fourth-order valence-corrected chi connectivity index (χ4v) is 4.81. The van der Waals surface area contributed by atoms with Gasteiger partial charge in [-0.25, -0.2) is 15.0 Å². The lowest BCUT2D eigenvalue weighted by Gasteiger charge is -2.50. The molecule has 158 valence electrons. The molecule has 3 aromatic heterocycles. The van der Waals surface area contributed by atoms with Gasteiger partial charge in [0.1, 0.15) is 11.5 Å². The Morgan fingerprint density at radius 2 is 1.84 bits per heavy atom. The second-order valence-corrected chi connectivity index (χ2v) is 8.66. The Morgan fingerprint density at radius 1 is 1.03 bits per heavy atom. The van der Waals surface area contributed by atoms with E-state index >= 15 is 0 Å². The smallest absolute Gasteiger partial charge is 0.273 e. The summed E-state index contributed by atoms with van der Waals surface area (Å²) < 4.78 is 0. The molecule has 1 saturated carbocycles. The summed E-state index contributed by atoms with van der Waals surface area (Å²) in [5.41, 5.74) is 3.23. The first-order valence-corrected chi connectivity index (χ1v) is 10.8. The summed E-state index contributed by atoms with van der Waals surface area (Å²) in [7, 11) is 0. The molecule has 7 nitrogen and oxygen atoms in total. The molecule has 7 heteroatoms. The minimum absolute atomic E-state index is 0.0412. The highest BCUT2D eigenvalue weighted by Gasteiger charge is 2.44. The molecular formula is C24H26N6O. The minimum Gasteiger partial charge on any atom is -0.365 e. The van der Waals surface area contributed by atoms with Gasteiger partial charge in [0, 0.05) is 37.4 Å². The first kappa shape index (κ1) is 19.6. The zero-order valence-corrected chi connectivity index (χ0v) is 17.8. The molecule has 3 atom stereocenters. The van der Waals surface area contributed by atoms with Gasteiger partial charge in [0.25, 0.3) is 5.91 Å². The molecule has 1 aliphatic carbocycles. The predicted octanol–water partition coefficient (Wildman–Crippen LogP) is 3.66. The molecule has 5 heterocycles. The van der Waals surface area contributed by atoms with E-state index in [-0.39, 0.29) is 18.0 Å². The van der Waals surface area contributed by atoms with Crippen LogP contribution in [0.2, 0.25) is 0 Å². The van der Waals surface area contributed by atoms with Crippen LogP contribution in [0.5, 0.6) is 0 Å². The molecule has 0 aromatic carbocycles. The summed E-state index contributed by atoms with van der Waals surface area (Å²) in [6.45, 7) is 4.76. The highest BCUT2D eigenvalue weighted by Crippen LogP contribution is 2.38. The Balaban J connectivity index is 1.44. The molecule has 1 amide bonds. The first-order chi connectivity index (χ1) is 15.1. The largest absolute Gasteiger partial charge is 0.365 e. The van der Waals surface area contributed by atoms with E-state index in [9.17, 15) is 4.79 Å². The van der Waals surface area contributed by atoms with Crippen LogP contribution in [-0.2, 0) is 0 Å². The number of fused-ring (bicyclic) bond motifs is 3. The van der Waals surface area contributed by atoms with Gasteiger partial charge in [0.05, 0.1) is 11.6 Å². The van der Waals surface area contributed by atoms with E-state index in [4.69, 9.17) is 0 Å². The van der Waals surface area contributed by atoms with Crippen LogP contribution < -0.4 is 5.32 Å². The van der Waals surface area contributed by atoms with E-state index in [2.05, 4.69) is 31.3 Å². The Kier molecular flexibility index (Phi) is 5.10. The third kappa shape index (κ3) is 3.87. The van der Waals surface area contributed by atoms with Crippen molar-refractivity contribution in [3.8, 4) is 11.4 Å². The van der Waals surface area contributed by atoms with Crippen LogP contribution in [0.1, 0.15) is 40.9 Å². The van der Waals surface area contributed by atoms with Crippen molar-refractivity contribution in [2.75, 3.05) is 11.9 Å². The molecule has 1 N–H and O–H groups in total. The van der Waals surface area contributed by atoms with Crippen LogP contribution in [-0.4, -0.2) is 49.4 Å². The highest BCUT2D eigenvalue weighted by atomic mass is 16.2. The van der Waals surface area contributed by atoms with Crippen molar-refractivity contribution in [2.24, 2.45) is 5.92 Å². The lowest BCUT2D eigenvalue weighted by atomic mass is 9.76. The third-order valence-corrected chi connectivity index (χ3v) is 6.32. The van der Waals surface area contributed by atoms with Crippen molar-refractivity contribution in [3.05, 3.63) is 65.9 Å². The zero-order valence-electron chi connectivity index (χ0n) is 17.8. The average molecular weight is 415 g/mol. The molecule has 3 aromatic rings. The number of anilines is 1. The molecule has 2 bridgehead atoms. The maximum atomic E-state index is 13.7. The van der Waals surface area contributed by atoms with Crippen molar-refractivity contribution in [2.45, 2.75) is 45.2 Å². The van der Waals surface area contributed by atoms with E-state index in [1.165, 1.54) is 0 Å². The average Bonchev–Trinajstić information content (AvgIpc) is 2.81. The van der Waals surface area contributed by atoms with Crippen LogP contribution in [0, 0.1) is 19.8 Å². The number of amides is 1. The summed E-state index contributed by atoms with van der Waals surface area (Å²) in [4.78, 5) is 33.5. The summed E-state index contributed by atoms with van der Waals surface area (Å²) in [6.07, 6.45) is 10.2. The molecule has 0 radical (unpaired) electrons. The lowest BCUT2D eigenvalue weighted by Crippen LogP contribution is -2.60. The van der Waals surface area contributed by atoms with Crippen molar-refractivity contribution >= 4 is 11.7 Å². The Bertz CT molecular complexity index is 1080. The van der Waals surface area contributed by atoms with Crippen LogP contribution in [0.15, 0.2) is 49.1 Å². The van der Waals surface area contributed by atoms with Gasteiger partial charge in [-0.2, -0.15) is 0 Å². The maximum absolute atomic E-state index is 13.7. The van der Waals surface area contributed by atoms with Gasteiger partial charge >= 0.3 is 0 Å². The fraction of sp³-hybridized carbons (Fsp3) is 0.375. The van der Waals surface area contributed by atoms with Gasteiger partial charge in [0.15, 0.2) is 5.82 Å². The third-order valence-electron chi connectivity index (χ3n) is 6.32. The fourth-order valence-electron chi connectivity index (χ4n) is 4.81. The highest BCUT2D eigenvalue weighted by molar-refractivity contribution is 5.98. The zero-order chi connectivity index (χ0) is 21.4. The SMILES string of the molecule is Cc1ccc(NC2CC3CCC2N(C(=O)c2ncc(C)cc2-c2ncccn2)C3)nc1. The number of hydrogen-bond donors (Lipinski definition) is 1. The number of nitrogens with one attached hydrogen (secondary N) is 1. The van der Waals surface area contributed by atoms with E-state index in [0.29, 0.717) is 23.0 Å². The molecule has 31 heavy (non-hydrogen) atoms. The second kappa shape index (κ2) is 8.06. The molecule has 0 spiro atoms. The number of hydrogen-bond acceptors (Lipinski definition) is 6. The number of nitrogens with zero attached hydrogens (tertiary/aromatic N) is 5. The Morgan fingerprint density at radius 3 is 2.58 bits per heavy atom. The summed E-state index contributed by atoms with van der Waals surface area (Å²) in [5, 5.41) is 3.58. The molecule has 2 aliphatic heterocycles. The monoisotopic (exact) mass is 414 g/mol. The van der Waals surface area contributed by atoms with Crippen molar-refractivity contribution in [1.82, 2.24) is 24.8 Å². The van der Waals surface area contributed by atoms with E-state index in [0.717, 1.165) is 42.8 Å². The van der Waals surface area contributed by atoms with Crippen molar-refractivity contribution in [1.29, 1.82) is 0 Å². The topological polar surface area (TPSA) is 83.9 Å². The van der Waals surface area contributed by atoms with E-state index < -0.39 is 0 Å². The molecule has 6 rings (SSSR count). The van der Waals surface area contributed by atoms with Crippen LogP contribution in [0.25, 0.3) is 11.4 Å². The van der Waals surface area contributed by atoms with Crippen LogP contribution >= 0.6 is 0 Å². The molecule has 3 fully saturated rings. The van der Waals surface area contributed by atoms with Crippen LogP contribution in [0.4, 0.5) is 5.82 Å². The standard InChI is InChI=1S/C24H26N6O/c1-15-4-7-21(27-12-15)29-19-11-17-5-6-20(19)30(14-17)24(31)22-18(10-16(2)13-28-22)23-25-8-3-9-26-23/h3-4,7-10,12-13,17,19-20H,5-6,11,14H2,1-2H3,(H,27,29). The van der Waals surface area contributed by atoms with Gasteiger partial charge in [-0.1, -0.05) is 6.07 Å². The van der Waals surface area contributed by atoms with Gasteiger partial charge in [-0.3, -0.25) is 9.78 Å². The second-order valence-electron chi connectivity index (χ2n) is 8.66. The van der Waals surface area contributed by atoms with E-state index in [1.807, 2.05) is 37.1 Å². The normalized spacial score (nSPS) is 22.4. The number of pyridine rings is 2. The lowest BCUT2D eigenvalue weighted by molar-refractivity contribution is 0.0277. The van der Waals surface area contributed by atoms with Gasteiger partial charge in [-0.15, -0.1) is 0 Å². The Labute approximate surface area is 182 Å². The predicted molar refractivity (Wildman–Crippen MR) is 119 cm³/mol. The number of carbonyl (C=O) groups excluding carboxylic acids is 1. The van der Waals surface area contributed by atoms with Crippen LogP contribution in [0.3, 0.4) is 0 Å². The van der Waals surface area contributed by atoms with Gasteiger partial charge in [0.2, 0.25) is 0 Å². The van der Waals surface area contributed by atoms with Crippen molar-refractivity contribution < 1.29 is 4.79 Å². The molecule has 3 aliphatic rings. The number of piperidine rings is 2. The number of aryl methyl sites for hydroxylation is 2. The molecule has 3 unspecified atom stereocenters. The van der Waals surface area contributed by atoms with E-state index in [1.54, 1.807) is 24.7 Å². The van der Waals surface area contributed by atoms with Crippen molar-refractivity contribution in [3.63, 3.8) is 0 Å². The molecular weight excluding hydrogens is 388 g/mol. The number of rotatable bonds is 4. The Hall–Kier alpha value is -3.35. The summed E-state index contributed by atoms with van der Waals surface area (Å²) >= 11 is 0. The minimum atomic E-state index is -0.0412. The molecule has 2 saturated heterocycles. The maximum Gasteiger partial charge on any atom is 0.273 e. The summed E-state index contributed by atoms with van der Waals surface area (Å²) in [5.74, 6) is 1.84. The van der Waals surface area contributed by atoms with Gasteiger partial charge < -0.3 is 10.2 Å². The quantitative estimate of drug-likeness (QED) is 0.701. The van der Waals surface area contributed by atoms with Gasteiger partial charge in [-0.05, 0) is 68.4 Å². The summed E-state index contributed by atoms with van der Waals surface area (Å²) in [6, 6.07) is 8.09. The first-order valence-electron chi connectivity index (χ1n) is 10.8. The number of carbonyl (C=O) groups is 1. The number of aromatic nitrogens is 4.